The highest BCUT2D eigenvalue weighted by Crippen LogP contribution is 2.39. The van der Waals surface area contributed by atoms with E-state index in [0.29, 0.717) is 23.7 Å². The first-order valence-corrected chi connectivity index (χ1v) is 18.7. The number of methoxy groups -OCH3 is 2. The second-order valence-corrected chi connectivity index (χ2v) is 13.6. The van der Waals surface area contributed by atoms with Crippen LogP contribution in [0.1, 0.15) is 115 Å². The van der Waals surface area contributed by atoms with Gasteiger partial charge < -0.3 is 29.3 Å². The molecule has 3 unspecified atom stereocenters. The van der Waals surface area contributed by atoms with Crippen molar-refractivity contribution in [1.82, 2.24) is 10.2 Å². The Hall–Kier alpha value is -4.04. The predicted molar refractivity (Wildman–Crippen MR) is 201 cm³/mol. The molecule has 2 aromatic carbocycles. The number of nitriles is 1. The fourth-order valence-electron chi connectivity index (χ4n) is 6.53. The molecule has 11 nitrogen and oxygen atoms in total. The summed E-state index contributed by atoms with van der Waals surface area (Å²) in [6.07, 6.45) is 14.6. The predicted octanol–water partition coefficient (Wildman–Crippen LogP) is 8.21. The van der Waals surface area contributed by atoms with Crippen LogP contribution in [0.25, 0.3) is 0 Å². The summed E-state index contributed by atoms with van der Waals surface area (Å²) in [4.78, 5) is 29.6. The summed E-state index contributed by atoms with van der Waals surface area (Å²) < 4.78 is 17.1. The molecule has 0 radical (unpaired) electrons. The van der Waals surface area contributed by atoms with Crippen molar-refractivity contribution in [1.29, 1.82) is 5.26 Å². The van der Waals surface area contributed by atoms with Crippen molar-refractivity contribution < 1.29 is 28.9 Å². The van der Waals surface area contributed by atoms with Gasteiger partial charge in [-0.25, -0.2) is 0 Å². The van der Waals surface area contributed by atoms with Gasteiger partial charge in [-0.1, -0.05) is 95.4 Å². The number of para-hydroxylation sites is 1. The van der Waals surface area contributed by atoms with Crippen LogP contribution >= 0.6 is 0 Å². The Morgan fingerprint density at radius 1 is 0.922 bits per heavy atom. The minimum Gasteiger partial charge on any atom is -0.493 e. The van der Waals surface area contributed by atoms with Crippen molar-refractivity contribution in [2.24, 2.45) is 0 Å². The molecule has 0 aliphatic carbocycles. The van der Waals surface area contributed by atoms with Crippen LogP contribution in [0.3, 0.4) is 0 Å². The highest BCUT2D eigenvalue weighted by Gasteiger charge is 2.32. The lowest BCUT2D eigenvalue weighted by atomic mass is 9.74. The first-order chi connectivity index (χ1) is 24.6. The molecule has 0 aromatic heterocycles. The second-order valence-electron chi connectivity index (χ2n) is 13.6. The van der Waals surface area contributed by atoms with Gasteiger partial charge in [-0.3, -0.25) is 4.79 Å². The van der Waals surface area contributed by atoms with Crippen LogP contribution in [0.4, 0.5) is 0 Å². The summed E-state index contributed by atoms with van der Waals surface area (Å²) in [6.45, 7) is 6.71. The van der Waals surface area contributed by atoms with Gasteiger partial charge in [0.2, 0.25) is 5.91 Å². The van der Waals surface area contributed by atoms with Crippen LogP contribution in [0.15, 0.2) is 42.5 Å². The van der Waals surface area contributed by atoms with E-state index in [-0.39, 0.29) is 12.5 Å². The molecule has 2 aromatic rings. The summed E-state index contributed by atoms with van der Waals surface area (Å²) in [5.41, 5.74) is 1.31. The summed E-state index contributed by atoms with van der Waals surface area (Å²) in [7, 11) is 5.32. The molecule has 0 saturated carbocycles. The van der Waals surface area contributed by atoms with Gasteiger partial charge in [0, 0.05) is 13.5 Å². The second kappa shape index (κ2) is 24.2. The quantitative estimate of drug-likeness (QED) is 0.0526. The van der Waals surface area contributed by atoms with E-state index in [0.717, 1.165) is 56.3 Å². The maximum Gasteiger partial charge on any atom is 0.294 e. The SMILES string of the molecule is CCCCCCCCCCCCC(C#N)(CCCN(C)CCc1ccccc1OCC(O[N+](=O)[O-])C(C)NC(C)=O)c1ccc(OC)c(OC)c1. The number of carbonyl (C=O) groups excluding carboxylic acids is 1. The number of nitrogens with one attached hydrogen (secondary N) is 1. The molecule has 51 heavy (non-hydrogen) atoms. The zero-order valence-corrected chi connectivity index (χ0v) is 31.9. The summed E-state index contributed by atoms with van der Waals surface area (Å²) in [6, 6.07) is 15.6. The largest absolute Gasteiger partial charge is 0.493 e. The fraction of sp³-hybridized carbons (Fsp3) is 0.650. The Morgan fingerprint density at radius 3 is 2.16 bits per heavy atom. The molecule has 0 saturated heterocycles. The maximum atomic E-state index is 11.5. The van der Waals surface area contributed by atoms with Crippen LogP contribution in [-0.4, -0.2) is 69.0 Å². The summed E-state index contributed by atoms with van der Waals surface area (Å²) >= 11 is 0. The number of likely N-dealkylation sites (N-methyl/N-ethyl adjacent to an activating group) is 1. The molecular formula is C40H62N4O7. The number of amides is 1. The molecule has 0 fully saturated rings. The number of rotatable bonds is 28. The molecule has 1 N–H and O–H groups in total. The minimum absolute atomic E-state index is 0.0965. The lowest BCUT2D eigenvalue weighted by molar-refractivity contribution is -0.769. The number of unbranched alkanes of at least 4 members (excludes halogenated alkanes) is 9. The van der Waals surface area contributed by atoms with E-state index in [9.17, 15) is 20.2 Å². The van der Waals surface area contributed by atoms with E-state index < -0.39 is 22.6 Å². The van der Waals surface area contributed by atoms with E-state index >= 15 is 0 Å². The summed E-state index contributed by atoms with van der Waals surface area (Å²) in [5.74, 6) is 1.60. The van der Waals surface area contributed by atoms with Gasteiger partial charge in [-0.15, -0.1) is 10.1 Å². The number of nitrogens with zero attached hydrogens (tertiary/aromatic N) is 3. The van der Waals surface area contributed by atoms with Crippen molar-refractivity contribution in [2.45, 2.75) is 128 Å². The number of hydrogen-bond acceptors (Lipinski definition) is 9. The van der Waals surface area contributed by atoms with Crippen molar-refractivity contribution in [3.63, 3.8) is 0 Å². The Bertz CT molecular complexity index is 1350. The number of carbonyl (C=O) groups is 1. The minimum atomic E-state index is -0.967. The van der Waals surface area contributed by atoms with E-state index in [1.54, 1.807) is 21.1 Å². The van der Waals surface area contributed by atoms with E-state index in [1.165, 1.54) is 58.3 Å². The molecule has 0 aliphatic rings. The zero-order valence-electron chi connectivity index (χ0n) is 31.9. The standard InChI is InChI=1S/C40H62N4O7/c1-7-8-9-10-11-12-13-14-15-18-25-40(31-41,35-22-23-37(48-5)38(29-35)49-6)26-19-27-43(4)28-24-34-20-16-17-21-36(34)50-30-39(51-44(46)47)32(2)42-33(3)45/h16-17,20-23,29,32,39H,7-15,18-19,24-28,30H2,1-6H3,(H,42,45). The van der Waals surface area contributed by atoms with Crippen LogP contribution in [0, 0.1) is 21.4 Å². The highest BCUT2D eigenvalue weighted by molar-refractivity contribution is 5.73. The van der Waals surface area contributed by atoms with Crippen LogP contribution in [0.2, 0.25) is 0 Å². The first kappa shape index (κ1) is 43.1. The Labute approximate surface area is 306 Å². The van der Waals surface area contributed by atoms with E-state index in [4.69, 9.17) is 19.0 Å². The topological polar surface area (TPSA) is 136 Å². The lowest BCUT2D eigenvalue weighted by Gasteiger charge is -2.29. The van der Waals surface area contributed by atoms with Gasteiger partial charge in [-0.2, -0.15) is 5.26 Å². The Balaban J connectivity index is 2.01. The highest BCUT2D eigenvalue weighted by atomic mass is 17.0. The number of ether oxygens (including phenoxy) is 3. The molecule has 1 amide bonds. The molecule has 0 bridgehead atoms. The van der Waals surface area contributed by atoms with Gasteiger partial charge in [0.05, 0.1) is 31.7 Å². The molecule has 11 heteroatoms. The maximum absolute atomic E-state index is 11.5. The van der Waals surface area contributed by atoms with Crippen molar-refractivity contribution in [2.75, 3.05) is 41.0 Å². The average molecular weight is 711 g/mol. The number of hydrogen-bond donors (Lipinski definition) is 1. The van der Waals surface area contributed by atoms with Gasteiger partial charge in [0.1, 0.15) is 12.4 Å². The van der Waals surface area contributed by atoms with Crippen molar-refractivity contribution in [3.05, 3.63) is 63.7 Å². The van der Waals surface area contributed by atoms with Gasteiger partial charge in [0.25, 0.3) is 5.09 Å². The summed E-state index contributed by atoms with van der Waals surface area (Å²) in [5, 5.41) is 23.6. The molecular weight excluding hydrogens is 648 g/mol. The van der Waals surface area contributed by atoms with Crippen LogP contribution < -0.4 is 19.5 Å². The third-order valence-electron chi connectivity index (χ3n) is 9.60. The molecule has 284 valence electrons. The van der Waals surface area contributed by atoms with Crippen LogP contribution in [-0.2, 0) is 21.5 Å². The molecule has 0 spiro atoms. The van der Waals surface area contributed by atoms with Gasteiger partial charge in [0.15, 0.2) is 17.6 Å². The third kappa shape index (κ3) is 15.8. The van der Waals surface area contributed by atoms with E-state index in [2.05, 4.69) is 30.3 Å². The Morgan fingerprint density at radius 2 is 1.55 bits per heavy atom. The third-order valence-corrected chi connectivity index (χ3v) is 9.60. The molecule has 2 rings (SSSR count). The monoisotopic (exact) mass is 710 g/mol. The van der Waals surface area contributed by atoms with Crippen molar-refractivity contribution in [3.8, 4) is 23.3 Å². The van der Waals surface area contributed by atoms with Gasteiger partial charge in [-0.05, 0) is 75.5 Å². The molecule has 3 atom stereocenters. The van der Waals surface area contributed by atoms with E-state index in [1.807, 2.05) is 42.5 Å². The lowest BCUT2D eigenvalue weighted by Crippen LogP contribution is -2.45. The normalized spacial score (nSPS) is 13.5. The molecule has 0 aliphatic heterocycles. The first-order valence-electron chi connectivity index (χ1n) is 18.7. The molecule has 0 heterocycles. The Kier molecular flexibility index (Phi) is 20.5. The van der Waals surface area contributed by atoms with Crippen molar-refractivity contribution >= 4 is 5.91 Å². The smallest absolute Gasteiger partial charge is 0.294 e. The van der Waals surface area contributed by atoms with Crippen LogP contribution in [0.5, 0.6) is 17.2 Å². The van der Waals surface area contributed by atoms with Gasteiger partial charge >= 0.3 is 0 Å². The number of benzene rings is 2. The fourth-order valence-corrected chi connectivity index (χ4v) is 6.53. The average Bonchev–Trinajstić information content (AvgIpc) is 3.12. The zero-order chi connectivity index (χ0) is 37.5.